The quantitative estimate of drug-likeness (QED) is 0.302. The monoisotopic (exact) mass is 436 g/mol. The molecule has 5 heteroatoms. The van der Waals surface area contributed by atoms with Gasteiger partial charge in [-0.3, -0.25) is 4.99 Å². The molecule has 2 aromatic carbocycles. The number of aromatic nitrogens is 1. The van der Waals surface area contributed by atoms with Crippen LogP contribution in [0.15, 0.2) is 88.6 Å². The maximum atomic E-state index is 12.7. The van der Waals surface area contributed by atoms with Crippen LogP contribution in [0.25, 0.3) is 0 Å². The Labute approximate surface area is 173 Å². The van der Waals surface area contributed by atoms with Crippen molar-refractivity contribution >= 4 is 27.6 Å². The third-order valence-electron chi connectivity index (χ3n) is 4.16. The molecule has 0 spiro atoms. The Kier molecular flexibility index (Phi) is 7.09. The van der Waals surface area contributed by atoms with E-state index < -0.39 is 6.04 Å². The van der Waals surface area contributed by atoms with Crippen LogP contribution in [0.3, 0.4) is 0 Å². The van der Waals surface area contributed by atoms with Crippen molar-refractivity contribution in [1.82, 2.24) is 4.98 Å². The summed E-state index contributed by atoms with van der Waals surface area (Å²) in [5.41, 5.74) is 3.60. The van der Waals surface area contributed by atoms with Gasteiger partial charge in [-0.15, -0.1) is 0 Å². The molecule has 0 radical (unpaired) electrons. The maximum absolute atomic E-state index is 12.7. The lowest BCUT2D eigenvalue weighted by Gasteiger charge is -2.15. The standard InChI is InChI=1S/C23H21BrN2O2/c1-2-28-23(27)20(15-17-13-14-21(24)25-16-17)26-22(18-9-5-3-6-10-18)19-11-7-4-8-12-19/h3-14,16,20H,2,15H2,1H3. The number of halogens is 1. The Hall–Kier alpha value is -2.79. The highest BCUT2D eigenvalue weighted by atomic mass is 79.9. The highest BCUT2D eigenvalue weighted by Gasteiger charge is 2.21. The first kappa shape index (κ1) is 20.0. The van der Waals surface area contributed by atoms with E-state index in [4.69, 9.17) is 9.73 Å². The topological polar surface area (TPSA) is 51.5 Å². The van der Waals surface area contributed by atoms with E-state index in [9.17, 15) is 4.79 Å². The second-order valence-electron chi connectivity index (χ2n) is 6.17. The minimum atomic E-state index is -0.654. The molecule has 3 rings (SSSR count). The maximum Gasteiger partial charge on any atom is 0.331 e. The van der Waals surface area contributed by atoms with E-state index in [1.807, 2.05) is 72.8 Å². The normalized spacial score (nSPS) is 11.5. The van der Waals surface area contributed by atoms with Gasteiger partial charge in [0, 0.05) is 23.7 Å². The molecule has 1 aromatic heterocycles. The number of ether oxygens (including phenoxy) is 1. The van der Waals surface area contributed by atoms with Gasteiger partial charge in [-0.2, -0.15) is 0 Å². The lowest BCUT2D eigenvalue weighted by atomic mass is 10.0. The van der Waals surface area contributed by atoms with Crippen molar-refractivity contribution in [3.63, 3.8) is 0 Å². The molecule has 0 aliphatic carbocycles. The molecule has 3 aromatic rings. The lowest BCUT2D eigenvalue weighted by Crippen LogP contribution is -2.26. The fourth-order valence-corrected chi connectivity index (χ4v) is 3.07. The molecule has 1 heterocycles. The molecule has 0 N–H and O–H groups in total. The SMILES string of the molecule is CCOC(=O)C(Cc1ccc(Br)nc1)N=C(c1ccccc1)c1ccccc1. The van der Waals surface area contributed by atoms with Gasteiger partial charge in [0.25, 0.3) is 0 Å². The van der Waals surface area contributed by atoms with Gasteiger partial charge in [0.2, 0.25) is 0 Å². The molecule has 1 unspecified atom stereocenters. The van der Waals surface area contributed by atoms with Crippen molar-refractivity contribution < 1.29 is 9.53 Å². The highest BCUT2D eigenvalue weighted by Crippen LogP contribution is 2.16. The number of hydrogen-bond donors (Lipinski definition) is 0. The third-order valence-corrected chi connectivity index (χ3v) is 4.62. The fourth-order valence-electron chi connectivity index (χ4n) is 2.83. The third kappa shape index (κ3) is 5.36. The number of benzene rings is 2. The van der Waals surface area contributed by atoms with Crippen molar-refractivity contribution in [1.29, 1.82) is 0 Å². The van der Waals surface area contributed by atoms with E-state index in [-0.39, 0.29) is 5.97 Å². The van der Waals surface area contributed by atoms with E-state index in [0.717, 1.165) is 27.0 Å². The predicted molar refractivity (Wildman–Crippen MR) is 115 cm³/mol. The number of pyridine rings is 1. The van der Waals surface area contributed by atoms with Crippen LogP contribution < -0.4 is 0 Å². The summed E-state index contributed by atoms with van der Waals surface area (Å²) in [5.74, 6) is -0.338. The molecule has 0 bridgehead atoms. The van der Waals surface area contributed by atoms with Gasteiger partial charge >= 0.3 is 5.97 Å². The predicted octanol–water partition coefficient (Wildman–Crippen LogP) is 4.86. The van der Waals surface area contributed by atoms with Gasteiger partial charge < -0.3 is 4.74 Å². The second-order valence-corrected chi connectivity index (χ2v) is 6.98. The minimum absolute atomic E-state index is 0.315. The zero-order valence-corrected chi connectivity index (χ0v) is 17.2. The first-order valence-corrected chi connectivity index (χ1v) is 9.92. The van der Waals surface area contributed by atoms with E-state index >= 15 is 0 Å². The zero-order chi connectivity index (χ0) is 19.8. The van der Waals surface area contributed by atoms with Gasteiger partial charge in [-0.1, -0.05) is 66.7 Å². The van der Waals surface area contributed by atoms with Crippen LogP contribution in [0.5, 0.6) is 0 Å². The van der Waals surface area contributed by atoms with Crippen molar-refractivity contribution in [3.8, 4) is 0 Å². The molecule has 0 saturated carbocycles. The molecule has 0 saturated heterocycles. The summed E-state index contributed by atoms with van der Waals surface area (Å²) < 4.78 is 6.05. The van der Waals surface area contributed by atoms with Crippen LogP contribution in [-0.2, 0) is 16.0 Å². The van der Waals surface area contributed by atoms with E-state index in [0.29, 0.717) is 13.0 Å². The summed E-state index contributed by atoms with van der Waals surface area (Å²) in [6.07, 6.45) is 2.17. The molecular weight excluding hydrogens is 416 g/mol. The van der Waals surface area contributed by atoms with Crippen molar-refractivity contribution in [2.24, 2.45) is 4.99 Å². The van der Waals surface area contributed by atoms with Gasteiger partial charge in [-0.05, 0) is 34.5 Å². The molecule has 28 heavy (non-hydrogen) atoms. The smallest absolute Gasteiger partial charge is 0.331 e. The minimum Gasteiger partial charge on any atom is -0.464 e. The van der Waals surface area contributed by atoms with Crippen LogP contribution in [0.1, 0.15) is 23.6 Å². The summed E-state index contributed by atoms with van der Waals surface area (Å²) in [6, 6.07) is 22.9. The number of hydrogen-bond acceptors (Lipinski definition) is 4. The average Bonchev–Trinajstić information content (AvgIpc) is 2.74. The summed E-state index contributed by atoms with van der Waals surface area (Å²) in [6.45, 7) is 2.12. The number of rotatable bonds is 7. The van der Waals surface area contributed by atoms with Crippen LogP contribution in [0.2, 0.25) is 0 Å². The van der Waals surface area contributed by atoms with Crippen molar-refractivity contribution in [3.05, 3.63) is 100 Å². The number of carbonyl (C=O) groups is 1. The lowest BCUT2D eigenvalue weighted by molar-refractivity contribution is -0.144. The Morgan fingerprint density at radius 1 is 1.00 bits per heavy atom. The Balaban J connectivity index is 2.02. The van der Waals surface area contributed by atoms with E-state index in [1.54, 1.807) is 13.1 Å². The van der Waals surface area contributed by atoms with Crippen LogP contribution in [-0.4, -0.2) is 29.3 Å². The number of nitrogens with zero attached hydrogens (tertiary/aromatic N) is 2. The molecule has 0 aliphatic rings. The fraction of sp³-hybridized carbons (Fsp3) is 0.174. The van der Waals surface area contributed by atoms with Crippen LogP contribution in [0.4, 0.5) is 0 Å². The summed E-state index contributed by atoms with van der Waals surface area (Å²) in [5, 5.41) is 0. The molecule has 142 valence electrons. The number of aliphatic imine (C=N–C) groups is 1. The molecular formula is C23H21BrN2O2. The second kappa shape index (κ2) is 9.95. The Bertz CT molecular complexity index is 884. The zero-order valence-electron chi connectivity index (χ0n) is 15.6. The van der Waals surface area contributed by atoms with Crippen LogP contribution >= 0.6 is 15.9 Å². The summed E-state index contributed by atoms with van der Waals surface area (Å²) in [7, 11) is 0. The number of esters is 1. The molecule has 1 atom stereocenters. The first-order chi connectivity index (χ1) is 13.7. The van der Waals surface area contributed by atoms with Gasteiger partial charge in [0.05, 0.1) is 12.3 Å². The molecule has 4 nitrogen and oxygen atoms in total. The Morgan fingerprint density at radius 3 is 2.11 bits per heavy atom. The molecule has 0 aliphatic heterocycles. The first-order valence-electron chi connectivity index (χ1n) is 9.13. The van der Waals surface area contributed by atoms with E-state index in [1.165, 1.54) is 0 Å². The van der Waals surface area contributed by atoms with Gasteiger partial charge in [0.15, 0.2) is 6.04 Å². The largest absolute Gasteiger partial charge is 0.464 e. The van der Waals surface area contributed by atoms with Gasteiger partial charge in [-0.25, -0.2) is 9.78 Å². The van der Waals surface area contributed by atoms with Gasteiger partial charge in [0.1, 0.15) is 4.60 Å². The van der Waals surface area contributed by atoms with Crippen LogP contribution in [0, 0.1) is 0 Å². The number of carbonyl (C=O) groups excluding carboxylic acids is 1. The molecule has 0 amide bonds. The van der Waals surface area contributed by atoms with E-state index in [2.05, 4.69) is 20.9 Å². The Morgan fingerprint density at radius 2 is 1.61 bits per heavy atom. The summed E-state index contributed by atoms with van der Waals surface area (Å²) in [4.78, 5) is 21.8. The highest BCUT2D eigenvalue weighted by molar-refractivity contribution is 9.10. The average molecular weight is 437 g/mol. The summed E-state index contributed by atoms with van der Waals surface area (Å²) >= 11 is 3.34. The molecule has 0 fully saturated rings. The van der Waals surface area contributed by atoms with Crippen molar-refractivity contribution in [2.45, 2.75) is 19.4 Å². The van der Waals surface area contributed by atoms with Crippen molar-refractivity contribution in [2.75, 3.05) is 6.61 Å².